The molecule has 0 fully saturated rings. The Balaban J connectivity index is 1.11. The van der Waals surface area contributed by atoms with Crippen molar-refractivity contribution < 1.29 is 0 Å². The van der Waals surface area contributed by atoms with Crippen molar-refractivity contribution in [2.75, 3.05) is 0 Å². The average molecular weight is 763 g/mol. The molecule has 6 heteroatoms. The molecule has 60 heavy (non-hydrogen) atoms. The first-order valence-electron chi connectivity index (χ1n) is 19.9. The van der Waals surface area contributed by atoms with Crippen LogP contribution in [0.4, 0.5) is 0 Å². The third-order valence-electron chi connectivity index (χ3n) is 11.9. The third kappa shape index (κ3) is 5.17. The van der Waals surface area contributed by atoms with E-state index in [1.165, 1.54) is 33.0 Å². The second-order valence-corrected chi connectivity index (χ2v) is 15.1. The van der Waals surface area contributed by atoms with Crippen LogP contribution in [0.1, 0.15) is 5.56 Å². The molecule has 3 aromatic heterocycles. The highest BCUT2D eigenvalue weighted by Crippen LogP contribution is 2.52. The number of pyridine rings is 2. The number of fused-ring (bicyclic) bond motifs is 6. The summed E-state index contributed by atoms with van der Waals surface area (Å²) in [6, 6.07) is 57.2. The van der Waals surface area contributed by atoms with E-state index in [2.05, 4.69) is 137 Å². The van der Waals surface area contributed by atoms with Crippen molar-refractivity contribution in [3.63, 3.8) is 0 Å². The van der Waals surface area contributed by atoms with Gasteiger partial charge in [0.1, 0.15) is 0 Å². The van der Waals surface area contributed by atoms with Crippen LogP contribution in [-0.4, -0.2) is 24.9 Å². The van der Waals surface area contributed by atoms with Crippen LogP contribution in [-0.2, 0) is 0 Å². The summed E-state index contributed by atoms with van der Waals surface area (Å²) in [6.07, 6.45) is 7.36. The lowest BCUT2D eigenvalue weighted by atomic mass is 9.86. The summed E-state index contributed by atoms with van der Waals surface area (Å²) in [4.78, 5) is 24.5. The Morgan fingerprint density at radius 1 is 0.333 bits per heavy atom. The van der Waals surface area contributed by atoms with Gasteiger partial charge in [-0.25, -0.2) is 15.0 Å². The monoisotopic (exact) mass is 762 g/mol. The summed E-state index contributed by atoms with van der Waals surface area (Å²) in [5, 5.41) is 18.2. The highest BCUT2D eigenvalue weighted by Gasteiger charge is 2.26. The highest BCUT2D eigenvalue weighted by molar-refractivity contribution is 6.24. The SMILES string of the molecule is N#Cc1ccc(-c2ccc3c4c(ccc(-c5ccc(-c6nc(-c7cccc8cnccc78)nc(-c7cccc8cnccc78)n6)c6ccccc56)c24)-c2ccccc2-3)cc1. The van der Waals surface area contributed by atoms with Crippen LogP contribution in [0.15, 0.2) is 183 Å². The van der Waals surface area contributed by atoms with Gasteiger partial charge in [-0.2, -0.15) is 5.26 Å². The summed E-state index contributed by atoms with van der Waals surface area (Å²) in [6.45, 7) is 0. The van der Waals surface area contributed by atoms with Gasteiger partial charge >= 0.3 is 0 Å². The first kappa shape index (κ1) is 33.7. The zero-order valence-electron chi connectivity index (χ0n) is 32.0. The van der Waals surface area contributed by atoms with E-state index in [4.69, 9.17) is 15.0 Å². The lowest BCUT2D eigenvalue weighted by molar-refractivity contribution is 1.08. The molecule has 8 aromatic carbocycles. The second kappa shape index (κ2) is 13.3. The fraction of sp³-hybridized carbons (Fsp3) is 0. The molecule has 3 heterocycles. The predicted octanol–water partition coefficient (Wildman–Crippen LogP) is 13.1. The minimum atomic E-state index is 0.587. The van der Waals surface area contributed by atoms with Crippen molar-refractivity contribution in [3.8, 4) is 84.7 Å². The number of benzene rings is 8. The van der Waals surface area contributed by atoms with E-state index in [-0.39, 0.29) is 0 Å². The van der Waals surface area contributed by atoms with Gasteiger partial charge in [-0.05, 0) is 107 Å². The minimum Gasteiger partial charge on any atom is -0.264 e. The first-order valence-corrected chi connectivity index (χ1v) is 19.9. The van der Waals surface area contributed by atoms with Crippen LogP contribution in [0.2, 0.25) is 0 Å². The van der Waals surface area contributed by atoms with Gasteiger partial charge in [-0.1, -0.05) is 127 Å². The van der Waals surface area contributed by atoms with Crippen LogP contribution >= 0.6 is 0 Å². The van der Waals surface area contributed by atoms with E-state index in [0.29, 0.717) is 23.0 Å². The van der Waals surface area contributed by atoms with Crippen LogP contribution < -0.4 is 0 Å². The van der Waals surface area contributed by atoms with Gasteiger partial charge in [0.05, 0.1) is 11.6 Å². The van der Waals surface area contributed by atoms with Crippen LogP contribution in [0, 0.1) is 11.3 Å². The highest BCUT2D eigenvalue weighted by atomic mass is 15.0. The second-order valence-electron chi connectivity index (χ2n) is 15.1. The molecule has 0 saturated carbocycles. The number of rotatable bonds is 5. The van der Waals surface area contributed by atoms with Gasteiger partial charge in [0.25, 0.3) is 0 Å². The number of nitriles is 1. The zero-order valence-corrected chi connectivity index (χ0v) is 32.0. The molecule has 1 aliphatic rings. The Kier molecular flexibility index (Phi) is 7.50. The molecule has 0 aliphatic heterocycles. The fourth-order valence-electron chi connectivity index (χ4n) is 9.19. The summed E-state index contributed by atoms with van der Waals surface area (Å²) in [7, 11) is 0. The molecule has 0 spiro atoms. The van der Waals surface area contributed by atoms with Gasteiger partial charge < -0.3 is 0 Å². The molecule has 0 saturated heterocycles. The Morgan fingerprint density at radius 2 is 0.767 bits per heavy atom. The van der Waals surface area contributed by atoms with Gasteiger partial charge in [0, 0.05) is 52.3 Å². The molecule has 0 amide bonds. The molecule has 6 nitrogen and oxygen atoms in total. The minimum absolute atomic E-state index is 0.587. The smallest absolute Gasteiger partial charge is 0.164 e. The summed E-state index contributed by atoms with van der Waals surface area (Å²) >= 11 is 0. The quantitative estimate of drug-likeness (QED) is 0.173. The Hall–Kier alpha value is -8.40. The van der Waals surface area contributed by atoms with Gasteiger partial charge in [0.2, 0.25) is 0 Å². The van der Waals surface area contributed by atoms with Crippen molar-refractivity contribution in [1.82, 2.24) is 24.9 Å². The molecule has 1 aliphatic carbocycles. The van der Waals surface area contributed by atoms with E-state index < -0.39 is 0 Å². The largest absolute Gasteiger partial charge is 0.264 e. The van der Waals surface area contributed by atoms with Crippen molar-refractivity contribution in [2.24, 2.45) is 0 Å². The molecule has 0 radical (unpaired) electrons. The molecular formula is C54H30N6. The standard InChI is InChI=1S/C54H30N6/c55-29-32-15-17-33(18-16-32)38-19-21-44-40-10-2-3-11-41(40)45-22-23-46(50(38)51(44)45)43-20-24-49(42-12-4-1-9-39(42)43)54-59-52(47-13-5-7-34-30-56-27-25-36(34)47)58-53(60-54)48-14-6-8-35-31-57-28-26-37(35)48/h1-28,30-31H. The third-order valence-corrected chi connectivity index (χ3v) is 11.9. The van der Waals surface area contributed by atoms with Crippen LogP contribution in [0.25, 0.3) is 122 Å². The Labute approximate surface area is 344 Å². The molecule has 12 rings (SSSR count). The number of hydrogen-bond acceptors (Lipinski definition) is 6. The van der Waals surface area contributed by atoms with Gasteiger partial charge in [0.15, 0.2) is 17.5 Å². The van der Waals surface area contributed by atoms with E-state index in [9.17, 15) is 5.26 Å². The van der Waals surface area contributed by atoms with E-state index in [0.717, 1.165) is 71.3 Å². The molecule has 0 atom stereocenters. The number of hydrogen-bond donors (Lipinski definition) is 0. The zero-order chi connectivity index (χ0) is 39.7. The normalized spacial score (nSPS) is 11.7. The molecule has 0 N–H and O–H groups in total. The van der Waals surface area contributed by atoms with Gasteiger partial charge in [-0.3, -0.25) is 9.97 Å². The van der Waals surface area contributed by atoms with Crippen molar-refractivity contribution >= 4 is 43.1 Å². The summed E-state index contributed by atoms with van der Waals surface area (Å²) in [5.41, 5.74) is 12.8. The molecule has 11 aromatic rings. The molecule has 0 unspecified atom stereocenters. The maximum absolute atomic E-state index is 9.61. The lowest BCUT2D eigenvalue weighted by Crippen LogP contribution is -2.01. The predicted molar refractivity (Wildman–Crippen MR) is 242 cm³/mol. The van der Waals surface area contributed by atoms with E-state index in [1.807, 2.05) is 61.2 Å². The summed E-state index contributed by atoms with van der Waals surface area (Å²) < 4.78 is 0. The van der Waals surface area contributed by atoms with Crippen LogP contribution in [0.3, 0.4) is 0 Å². The van der Waals surface area contributed by atoms with E-state index in [1.54, 1.807) is 0 Å². The Morgan fingerprint density at radius 3 is 1.33 bits per heavy atom. The van der Waals surface area contributed by atoms with Crippen molar-refractivity contribution in [2.45, 2.75) is 0 Å². The topological polar surface area (TPSA) is 88.2 Å². The molecule has 0 bridgehead atoms. The number of nitrogens with zero attached hydrogens (tertiary/aromatic N) is 6. The maximum atomic E-state index is 9.61. The fourth-order valence-corrected chi connectivity index (χ4v) is 9.19. The first-order chi connectivity index (χ1) is 29.7. The van der Waals surface area contributed by atoms with Crippen molar-refractivity contribution in [3.05, 3.63) is 188 Å². The summed E-state index contributed by atoms with van der Waals surface area (Å²) in [5.74, 6) is 1.76. The number of aromatic nitrogens is 5. The Bertz CT molecular complexity index is 3490. The van der Waals surface area contributed by atoms with Crippen LogP contribution in [0.5, 0.6) is 0 Å². The molecule has 276 valence electrons. The average Bonchev–Trinajstić information content (AvgIpc) is 3.65. The van der Waals surface area contributed by atoms with E-state index >= 15 is 0 Å². The van der Waals surface area contributed by atoms with Crippen molar-refractivity contribution in [1.29, 1.82) is 5.26 Å². The lowest BCUT2D eigenvalue weighted by Gasteiger charge is -2.18. The van der Waals surface area contributed by atoms with Gasteiger partial charge in [-0.15, -0.1) is 0 Å². The maximum Gasteiger partial charge on any atom is 0.164 e. The molecular weight excluding hydrogens is 733 g/mol.